The molecule has 4 N–H and O–H groups in total. The average Bonchev–Trinajstić information content (AvgIpc) is 1.01. The van der Waals surface area contributed by atoms with Gasteiger partial charge in [-0.25, -0.2) is 0 Å². The summed E-state index contributed by atoms with van der Waals surface area (Å²) in [4.78, 5) is 80.6. The van der Waals surface area contributed by atoms with Gasteiger partial charge in [-0.3, -0.25) is 39.1 Å². The number of nitrogens with one attached hydrogen (secondary N) is 4. The first-order valence-corrected chi connectivity index (χ1v) is 31.2. The zero-order chi connectivity index (χ0) is 65.8. The van der Waals surface area contributed by atoms with E-state index in [1.54, 1.807) is 125 Å². The Hall–Kier alpha value is -11.5. The summed E-state index contributed by atoms with van der Waals surface area (Å²) < 4.78 is 25.1. The fourth-order valence-electron chi connectivity index (χ4n) is 11.5. The molecule has 0 unspecified atom stereocenters. The van der Waals surface area contributed by atoms with Gasteiger partial charge in [-0.1, -0.05) is 97.1 Å². The predicted octanol–water partition coefficient (Wildman–Crippen LogP) is 17.8. The Morgan fingerprint density at radius 3 is 0.713 bits per heavy atom. The van der Waals surface area contributed by atoms with Crippen molar-refractivity contribution in [3.05, 3.63) is 261 Å². The molecule has 12 rings (SSSR count). The summed E-state index contributed by atoms with van der Waals surface area (Å²) in [6, 6.07) is 58.1. The predicted molar refractivity (Wildman–Crippen MR) is 376 cm³/mol. The van der Waals surface area contributed by atoms with Crippen LogP contribution >= 0.6 is 0 Å². The first kappa shape index (κ1) is 64.0. The van der Waals surface area contributed by atoms with Crippen molar-refractivity contribution >= 4 is 91.5 Å². The fraction of sp³-hybridized carbons (Fsp3) is 0.179. The maximum atomic E-state index is 15.0. The number of carbonyl (C=O) groups is 4. The second-order valence-electron chi connectivity index (χ2n) is 22.9. The van der Waals surface area contributed by atoms with Crippen LogP contribution in [-0.2, 0) is 0 Å². The molecule has 94 heavy (non-hydrogen) atoms. The maximum absolute atomic E-state index is 15.0. The molecule has 12 bridgehead atoms. The third-order valence-corrected chi connectivity index (χ3v) is 16.0. The summed E-state index contributed by atoms with van der Waals surface area (Å²) in [7, 11) is 0. The lowest BCUT2D eigenvalue weighted by molar-refractivity contribution is 0.103. The van der Waals surface area contributed by atoms with E-state index in [-0.39, 0.29) is 49.6 Å². The number of carbonyl (C=O) groups excluding carboxylic acids is 4. The summed E-state index contributed by atoms with van der Waals surface area (Å²) in [5, 5.41) is 14.0. The Bertz CT molecular complexity index is 4010. The minimum Gasteiger partial charge on any atom is -0.493 e. The number of aliphatic imine (C=N–C) groups is 4. The number of benzene rings is 8. The quantitative estimate of drug-likeness (QED) is 0.112. The molecule has 4 aliphatic rings. The molecular formula is C78H72N8O8. The number of rotatable bonds is 0. The molecule has 0 fully saturated rings. The molecule has 8 aromatic carbocycles. The van der Waals surface area contributed by atoms with Crippen molar-refractivity contribution in [1.82, 2.24) is 0 Å². The van der Waals surface area contributed by atoms with Crippen molar-refractivity contribution in [3.8, 4) is 23.0 Å². The Morgan fingerprint density at radius 2 is 0.489 bits per heavy atom. The van der Waals surface area contributed by atoms with Crippen LogP contribution in [0.2, 0.25) is 0 Å². The third kappa shape index (κ3) is 14.9. The molecule has 0 amide bonds. The smallest absolute Gasteiger partial charge is 0.196 e. The topological polar surface area (TPSA) is 203 Å². The molecule has 472 valence electrons. The van der Waals surface area contributed by atoms with Crippen molar-refractivity contribution in [2.24, 2.45) is 20.0 Å². The third-order valence-electron chi connectivity index (χ3n) is 16.0. The normalized spacial score (nSPS) is 18.1. The molecule has 0 saturated heterocycles. The number of anilines is 4. The number of hydrogen-bond donors (Lipinski definition) is 4. The lowest BCUT2D eigenvalue weighted by Gasteiger charge is -2.19. The second kappa shape index (κ2) is 29.2. The highest BCUT2D eigenvalue weighted by Gasteiger charge is 2.27. The van der Waals surface area contributed by atoms with Crippen LogP contribution in [0.25, 0.3) is 0 Å². The van der Waals surface area contributed by atoms with Gasteiger partial charge in [0.2, 0.25) is 0 Å². The number of ether oxygens (including phenoxy) is 4. The number of allylic oxidation sites excluding steroid dienone is 8. The van der Waals surface area contributed by atoms with E-state index < -0.39 is 0 Å². The van der Waals surface area contributed by atoms with Crippen LogP contribution in [0, 0.1) is 0 Å². The minimum atomic E-state index is -0.288. The van der Waals surface area contributed by atoms with Gasteiger partial charge in [0.05, 0.1) is 117 Å². The highest BCUT2D eigenvalue weighted by Crippen LogP contribution is 2.36. The van der Waals surface area contributed by atoms with Crippen molar-refractivity contribution in [2.45, 2.75) is 68.2 Å². The summed E-state index contributed by atoms with van der Waals surface area (Å²) in [5.41, 5.74) is 11.3. The number of hydrogen-bond acceptors (Lipinski definition) is 16. The Morgan fingerprint density at radius 1 is 0.277 bits per heavy atom. The van der Waals surface area contributed by atoms with Crippen LogP contribution in [0.4, 0.5) is 45.5 Å². The Balaban J connectivity index is 0.964. The highest BCUT2D eigenvalue weighted by atomic mass is 16.5. The van der Waals surface area contributed by atoms with E-state index in [4.69, 9.17) is 38.9 Å². The van der Waals surface area contributed by atoms with Gasteiger partial charge in [0.1, 0.15) is 23.0 Å². The molecule has 16 nitrogen and oxygen atoms in total. The molecule has 0 saturated carbocycles. The SMILES string of the molecule is CC1=Nc2ccccc2N/C(C)=C2\C(=O)c3cccc(c3)OCCCOc3cccc(c3)C(=O)/C3=C(\C)Nc4ccccc4N=C(C)/C(=C(\C)Nc4ccccc4N=C3C)C(=O)c3cccc(c3)OCCCOc3cccc(c3)C(=O)C1=C(C)Nc1ccccc1N=C2C. The number of fused-ring (bicyclic) bond motifs is 11. The molecule has 4 aliphatic heterocycles. The van der Waals surface area contributed by atoms with Crippen molar-refractivity contribution in [2.75, 3.05) is 47.7 Å². The summed E-state index contributed by atoms with van der Waals surface area (Å²) >= 11 is 0. The zero-order valence-electron chi connectivity index (χ0n) is 53.8. The van der Waals surface area contributed by atoms with Gasteiger partial charge in [0.15, 0.2) is 23.1 Å². The van der Waals surface area contributed by atoms with Gasteiger partial charge in [0, 0.05) is 57.9 Å². The number of Topliss-reactive ketones (excluding diaryl/α,β-unsaturated/α-hetero) is 4. The Kier molecular flexibility index (Phi) is 19.9. The summed E-state index contributed by atoms with van der Waals surface area (Å²) in [6.45, 7) is 15.6. The second-order valence-corrected chi connectivity index (χ2v) is 22.9. The fourth-order valence-corrected chi connectivity index (χ4v) is 11.5. The lowest BCUT2D eigenvalue weighted by atomic mass is 9.97. The van der Waals surface area contributed by atoms with Crippen LogP contribution in [-0.4, -0.2) is 72.4 Å². The molecule has 0 atom stereocenters. The number of ketones is 4. The molecule has 0 aromatic heterocycles. The van der Waals surface area contributed by atoms with Crippen molar-refractivity contribution < 1.29 is 38.1 Å². The van der Waals surface area contributed by atoms with Gasteiger partial charge < -0.3 is 40.2 Å². The van der Waals surface area contributed by atoms with Crippen molar-refractivity contribution in [3.63, 3.8) is 0 Å². The number of nitrogens with zero attached hydrogens (tertiary/aromatic N) is 4. The monoisotopic (exact) mass is 1250 g/mol. The Labute approximate surface area is 547 Å². The van der Waals surface area contributed by atoms with E-state index in [1.165, 1.54) is 0 Å². The molecule has 8 aromatic rings. The van der Waals surface area contributed by atoms with E-state index in [0.717, 1.165) is 0 Å². The first-order chi connectivity index (χ1) is 45.6. The minimum absolute atomic E-state index is 0.257. The lowest BCUT2D eigenvalue weighted by Crippen LogP contribution is -2.18. The molecular weight excluding hydrogens is 1180 g/mol. The van der Waals surface area contributed by atoms with Crippen LogP contribution in [0.5, 0.6) is 23.0 Å². The van der Waals surface area contributed by atoms with Crippen LogP contribution in [0.3, 0.4) is 0 Å². The van der Waals surface area contributed by atoms with Gasteiger partial charge >= 0.3 is 0 Å². The molecule has 16 heteroatoms. The van der Waals surface area contributed by atoms with Gasteiger partial charge in [-0.15, -0.1) is 0 Å². The molecule has 0 aliphatic carbocycles. The van der Waals surface area contributed by atoms with E-state index in [0.29, 0.717) is 172 Å². The molecule has 0 radical (unpaired) electrons. The van der Waals surface area contributed by atoms with Gasteiger partial charge in [0.25, 0.3) is 0 Å². The van der Waals surface area contributed by atoms with Crippen molar-refractivity contribution in [1.29, 1.82) is 0 Å². The van der Waals surface area contributed by atoms with Crippen LogP contribution < -0.4 is 40.2 Å². The highest BCUT2D eigenvalue weighted by molar-refractivity contribution is 6.31. The summed E-state index contributed by atoms with van der Waals surface area (Å²) in [5.74, 6) is 0.795. The van der Waals surface area contributed by atoms with Crippen LogP contribution in [0.15, 0.2) is 259 Å². The van der Waals surface area contributed by atoms with E-state index in [1.807, 2.05) is 125 Å². The average molecular weight is 1250 g/mol. The number of para-hydroxylation sites is 8. The standard InChI is InChI=1S/C78H72N8O8/c1-47-71-48(2)80-65-33-11-12-34-66(65)82-50(4)72(49(3)81-64-32-10-9-31-63(64)79-47)76(88)56-24-18-28-60(44-56)93-41-22-42-94-62-30-20-26-58(46-62)78(90)74-53(7)85-69-37-15-13-35-67(69)83-51(5)73(52(6)84-68-36-14-16-38-70(68)86-54(74)8)77(89)57-25-19-29-61(45-57)92-40-21-39-91-59-27-17-23-55(43-59)75(71)87/h9-20,23-38,43-46,79,82-83,86H,21-22,39-42H2,1-8H3/b71-47-,72-50+,73-51?,74-54-,80-48?,81-49?,84-52?,85-53?. The molecule has 4 heterocycles. The first-order valence-electron chi connectivity index (χ1n) is 31.2. The molecule has 0 spiro atoms. The largest absolute Gasteiger partial charge is 0.493 e. The maximum Gasteiger partial charge on any atom is 0.196 e. The summed E-state index contributed by atoms with van der Waals surface area (Å²) in [6.07, 6.45) is 0.942. The van der Waals surface area contributed by atoms with Crippen LogP contribution in [0.1, 0.15) is 110 Å². The van der Waals surface area contributed by atoms with E-state index in [9.17, 15) is 0 Å². The van der Waals surface area contributed by atoms with E-state index >= 15 is 19.2 Å². The zero-order valence-corrected chi connectivity index (χ0v) is 53.8. The van der Waals surface area contributed by atoms with Gasteiger partial charge in [-0.2, -0.15) is 0 Å². The van der Waals surface area contributed by atoms with E-state index in [2.05, 4.69) is 21.3 Å². The van der Waals surface area contributed by atoms with Gasteiger partial charge in [-0.05, 0) is 152 Å².